The first kappa shape index (κ1) is 15.0. The second-order valence-corrected chi connectivity index (χ2v) is 4.27. The number of rotatable bonds is 5. The minimum absolute atomic E-state index is 0.128. The van der Waals surface area contributed by atoms with Crippen molar-refractivity contribution in [1.82, 2.24) is 5.32 Å². The molecule has 104 valence electrons. The number of carbonyl (C=O) groups is 1. The van der Waals surface area contributed by atoms with Crippen molar-refractivity contribution in [2.75, 3.05) is 13.2 Å². The van der Waals surface area contributed by atoms with Crippen molar-refractivity contribution in [1.29, 1.82) is 0 Å². The largest absolute Gasteiger partial charge is 0.465 e. The van der Waals surface area contributed by atoms with Crippen LogP contribution in [0.4, 0.5) is 13.2 Å². The predicted octanol–water partition coefficient (Wildman–Crippen LogP) is 2.43. The van der Waals surface area contributed by atoms with Gasteiger partial charge in [0.1, 0.15) is 6.04 Å². The van der Waals surface area contributed by atoms with Gasteiger partial charge in [-0.05, 0) is 32.1 Å². The molecule has 0 amide bonds. The van der Waals surface area contributed by atoms with Crippen molar-refractivity contribution in [2.24, 2.45) is 5.92 Å². The van der Waals surface area contributed by atoms with E-state index in [9.17, 15) is 18.0 Å². The second kappa shape index (κ2) is 6.78. The highest BCUT2D eigenvalue weighted by Gasteiger charge is 2.34. The van der Waals surface area contributed by atoms with Crippen LogP contribution >= 0.6 is 0 Å². The molecule has 2 unspecified atom stereocenters. The quantitative estimate of drug-likeness (QED) is 0.613. The predicted molar refractivity (Wildman–Crippen MR) is 61.0 cm³/mol. The van der Waals surface area contributed by atoms with E-state index in [-0.39, 0.29) is 12.5 Å². The molecule has 1 rings (SSSR count). The first-order valence-corrected chi connectivity index (χ1v) is 6.06. The number of carbonyl (C=O) groups excluding carboxylic acids is 1. The SMILES string of the molecule is CCOC(=O)C(NCC(F)(F)F)C1CC=CCC1. The molecule has 0 spiro atoms. The van der Waals surface area contributed by atoms with Crippen LogP contribution in [-0.2, 0) is 9.53 Å². The van der Waals surface area contributed by atoms with Gasteiger partial charge in [0, 0.05) is 0 Å². The molecule has 0 heterocycles. The summed E-state index contributed by atoms with van der Waals surface area (Å²) in [7, 11) is 0. The normalized spacial score (nSPS) is 21.7. The fourth-order valence-corrected chi connectivity index (χ4v) is 2.02. The molecule has 1 aliphatic carbocycles. The Morgan fingerprint density at radius 3 is 2.72 bits per heavy atom. The lowest BCUT2D eigenvalue weighted by atomic mass is 9.87. The molecule has 0 saturated heterocycles. The first-order chi connectivity index (χ1) is 8.44. The molecule has 1 N–H and O–H groups in total. The van der Waals surface area contributed by atoms with Crippen molar-refractivity contribution in [2.45, 2.75) is 38.4 Å². The summed E-state index contributed by atoms with van der Waals surface area (Å²) in [4.78, 5) is 11.7. The molecule has 0 aromatic carbocycles. The Bertz CT molecular complexity index is 302. The molecule has 1 aliphatic rings. The Balaban J connectivity index is 2.62. The highest BCUT2D eigenvalue weighted by molar-refractivity contribution is 5.76. The standard InChI is InChI=1S/C12H18F3NO2/c1-2-18-11(17)10(16-8-12(13,14)15)9-6-4-3-5-7-9/h3-4,9-10,16H,2,5-8H2,1H3. The van der Waals surface area contributed by atoms with Gasteiger partial charge in [0.25, 0.3) is 0 Å². The molecule has 0 saturated carbocycles. The summed E-state index contributed by atoms with van der Waals surface area (Å²) in [5, 5.41) is 2.28. The minimum atomic E-state index is -4.32. The molecular formula is C12H18F3NO2. The third-order valence-corrected chi connectivity index (χ3v) is 2.84. The molecular weight excluding hydrogens is 247 g/mol. The maximum Gasteiger partial charge on any atom is 0.401 e. The van der Waals surface area contributed by atoms with Gasteiger partial charge in [-0.3, -0.25) is 10.1 Å². The number of hydrogen-bond donors (Lipinski definition) is 1. The van der Waals surface area contributed by atoms with Crippen LogP contribution in [0.3, 0.4) is 0 Å². The number of esters is 1. The Morgan fingerprint density at radius 2 is 2.22 bits per heavy atom. The summed E-state index contributed by atoms with van der Waals surface area (Å²) in [6, 6.07) is -0.878. The van der Waals surface area contributed by atoms with E-state index in [2.05, 4.69) is 5.32 Å². The lowest BCUT2D eigenvalue weighted by molar-refractivity contribution is -0.150. The monoisotopic (exact) mass is 265 g/mol. The van der Waals surface area contributed by atoms with Crippen molar-refractivity contribution >= 4 is 5.97 Å². The molecule has 2 atom stereocenters. The lowest BCUT2D eigenvalue weighted by Crippen LogP contribution is -2.47. The molecule has 0 aromatic rings. The summed E-state index contributed by atoms with van der Waals surface area (Å²) in [5.74, 6) is -0.724. The van der Waals surface area contributed by atoms with Gasteiger partial charge >= 0.3 is 12.1 Å². The second-order valence-electron chi connectivity index (χ2n) is 4.27. The van der Waals surface area contributed by atoms with E-state index in [4.69, 9.17) is 4.74 Å². The molecule has 0 aliphatic heterocycles. The Kier molecular flexibility index (Phi) is 5.65. The van der Waals surface area contributed by atoms with E-state index < -0.39 is 24.7 Å². The van der Waals surface area contributed by atoms with E-state index in [0.717, 1.165) is 6.42 Å². The summed E-state index contributed by atoms with van der Waals surface area (Å²) >= 11 is 0. The average molecular weight is 265 g/mol. The summed E-state index contributed by atoms with van der Waals surface area (Å²) in [5.41, 5.74) is 0. The zero-order chi connectivity index (χ0) is 13.6. The fraction of sp³-hybridized carbons (Fsp3) is 0.750. The smallest absolute Gasteiger partial charge is 0.401 e. The van der Waals surface area contributed by atoms with E-state index in [1.54, 1.807) is 6.92 Å². The van der Waals surface area contributed by atoms with Crippen LogP contribution in [0.5, 0.6) is 0 Å². The van der Waals surface area contributed by atoms with E-state index in [1.165, 1.54) is 0 Å². The number of ether oxygens (including phenoxy) is 1. The number of halogens is 3. The lowest BCUT2D eigenvalue weighted by Gasteiger charge is -2.27. The maximum atomic E-state index is 12.2. The number of nitrogens with one attached hydrogen (secondary N) is 1. The molecule has 0 radical (unpaired) electrons. The van der Waals surface area contributed by atoms with E-state index >= 15 is 0 Å². The molecule has 18 heavy (non-hydrogen) atoms. The van der Waals surface area contributed by atoms with Gasteiger partial charge in [0.05, 0.1) is 13.2 Å². The molecule has 6 heteroatoms. The fourth-order valence-electron chi connectivity index (χ4n) is 2.02. The zero-order valence-electron chi connectivity index (χ0n) is 10.3. The van der Waals surface area contributed by atoms with Gasteiger partial charge in [-0.25, -0.2) is 0 Å². The zero-order valence-corrected chi connectivity index (χ0v) is 10.3. The van der Waals surface area contributed by atoms with Gasteiger partial charge in [0.15, 0.2) is 0 Å². The average Bonchev–Trinajstić information content (AvgIpc) is 2.29. The summed E-state index contributed by atoms with van der Waals surface area (Å²) < 4.78 is 41.4. The van der Waals surface area contributed by atoms with Gasteiger partial charge in [-0.15, -0.1) is 0 Å². The Labute approximate surface area is 104 Å². The van der Waals surface area contributed by atoms with Gasteiger partial charge < -0.3 is 4.74 Å². The maximum absolute atomic E-state index is 12.2. The van der Waals surface area contributed by atoms with Crippen LogP contribution in [-0.4, -0.2) is 31.3 Å². The van der Waals surface area contributed by atoms with Crippen LogP contribution in [0.25, 0.3) is 0 Å². The number of hydrogen-bond acceptors (Lipinski definition) is 3. The van der Waals surface area contributed by atoms with Crippen LogP contribution in [0.2, 0.25) is 0 Å². The number of allylic oxidation sites excluding steroid dienone is 2. The molecule has 0 bridgehead atoms. The Hall–Kier alpha value is -1.04. The summed E-state index contributed by atoms with van der Waals surface area (Å²) in [6.07, 6.45) is 1.64. The minimum Gasteiger partial charge on any atom is -0.465 e. The number of alkyl halides is 3. The Morgan fingerprint density at radius 1 is 1.50 bits per heavy atom. The van der Waals surface area contributed by atoms with E-state index in [1.807, 2.05) is 12.2 Å². The van der Waals surface area contributed by atoms with Gasteiger partial charge in [0.2, 0.25) is 0 Å². The van der Waals surface area contributed by atoms with Crippen LogP contribution in [0.1, 0.15) is 26.2 Å². The van der Waals surface area contributed by atoms with Crippen molar-refractivity contribution < 1.29 is 22.7 Å². The van der Waals surface area contributed by atoms with Crippen LogP contribution in [0, 0.1) is 5.92 Å². The topological polar surface area (TPSA) is 38.3 Å². The van der Waals surface area contributed by atoms with Crippen molar-refractivity contribution in [3.63, 3.8) is 0 Å². The van der Waals surface area contributed by atoms with E-state index in [0.29, 0.717) is 12.8 Å². The molecule has 0 fully saturated rings. The van der Waals surface area contributed by atoms with Crippen molar-refractivity contribution in [3.05, 3.63) is 12.2 Å². The molecule has 0 aromatic heterocycles. The molecule has 3 nitrogen and oxygen atoms in total. The van der Waals surface area contributed by atoms with Gasteiger partial charge in [-0.1, -0.05) is 12.2 Å². The van der Waals surface area contributed by atoms with Crippen LogP contribution in [0.15, 0.2) is 12.2 Å². The summed E-state index contributed by atoms with van der Waals surface area (Å²) in [6.45, 7) is 0.641. The highest BCUT2D eigenvalue weighted by atomic mass is 19.4. The third-order valence-electron chi connectivity index (χ3n) is 2.84. The highest BCUT2D eigenvalue weighted by Crippen LogP contribution is 2.23. The first-order valence-electron chi connectivity index (χ1n) is 6.06. The van der Waals surface area contributed by atoms with Crippen molar-refractivity contribution in [3.8, 4) is 0 Å². The van der Waals surface area contributed by atoms with Gasteiger partial charge in [-0.2, -0.15) is 13.2 Å². The van der Waals surface area contributed by atoms with Crippen LogP contribution < -0.4 is 5.32 Å². The third kappa shape index (κ3) is 5.08.